The van der Waals surface area contributed by atoms with Crippen LogP contribution < -0.4 is 14.8 Å². The number of benzene rings is 1. The van der Waals surface area contributed by atoms with Gasteiger partial charge in [0.15, 0.2) is 11.4 Å². The molecule has 1 aliphatic rings. The topological polar surface area (TPSA) is 102 Å². The zero-order chi connectivity index (χ0) is 22.2. The van der Waals surface area contributed by atoms with E-state index in [1.165, 1.54) is 29.0 Å². The van der Waals surface area contributed by atoms with Gasteiger partial charge < -0.3 is 14.6 Å². The highest BCUT2D eigenvalue weighted by Crippen LogP contribution is 2.33. The lowest BCUT2D eigenvalue weighted by atomic mass is 10.1. The maximum Gasteiger partial charge on any atom is 0.276 e. The smallest absolute Gasteiger partial charge is 0.276 e. The van der Waals surface area contributed by atoms with E-state index >= 15 is 0 Å². The number of rotatable bonds is 4. The van der Waals surface area contributed by atoms with Gasteiger partial charge in [-0.25, -0.2) is 17.5 Å². The molecule has 0 radical (unpaired) electrons. The molecular weight excluding hydrogens is 455 g/mol. The number of nitrogens with zero attached hydrogens (tertiary/aromatic N) is 2. The number of pyridine rings is 1. The van der Waals surface area contributed by atoms with Gasteiger partial charge in [-0.1, -0.05) is 6.07 Å². The molecule has 2 aromatic heterocycles. The van der Waals surface area contributed by atoms with Crippen molar-refractivity contribution in [3.05, 3.63) is 71.6 Å². The molecule has 8 nitrogen and oxygen atoms in total. The number of carbonyl (C=O) groups is 1. The van der Waals surface area contributed by atoms with Crippen LogP contribution >= 0.6 is 13.5 Å². The summed E-state index contributed by atoms with van der Waals surface area (Å²) >= 11 is 0. The third-order valence-corrected chi connectivity index (χ3v) is 6.49. The number of hydrogen-bond donors (Lipinski definition) is 2. The van der Waals surface area contributed by atoms with Gasteiger partial charge in [0.05, 0.1) is 6.04 Å². The molecule has 11 heteroatoms. The summed E-state index contributed by atoms with van der Waals surface area (Å²) in [6.45, 7) is 1.63. The second kappa shape index (κ2) is 9.31. The number of sulfonamides is 1. The standard InChI is InChI=1S/C21H21FN4O4S.H2S/c1-13-8-15(5-6-17(13)22)24-21(27)19-20-18(11-26(19)2)31(28,29)25-16(12-30-20)9-14-4-3-7-23-10-14;/h3-8,10-11,16,25H,9,12H2,1-2H3,(H,24,27);1H2/t16-;/m0./s1. The molecule has 1 aromatic carbocycles. The number of amides is 1. The minimum absolute atomic E-state index is 0. The van der Waals surface area contributed by atoms with Crippen LogP contribution in [0.4, 0.5) is 10.1 Å². The fraction of sp³-hybridized carbons (Fsp3) is 0.238. The summed E-state index contributed by atoms with van der Waals surface area (Å²) < 4.78 is 49.2. The molecule has 2 N–H and O–H groups in total. The second-order valence-electron chi connectivity index (χ2n) is 7.39. The van der Waals surface area contributed by atoms with Crippen LogP contribution in [0.25, 0.3) is 0 Å². The van der Waals surface area contributed by atoms with Crippen molar-refractivity contribution >= 4 is 35.1 Å². The fourth-order valence-corrected chi connectivity index (χ4v) is 4.90. The molecule has 4 rings (SSSR count). The predicted octanol–water partition coefficient (Wildman–Crippen LogP) is 2.51. The van der Waals surface area contributed by atoms with Crippen LogP contribution in [0.5, 0.6) is 5.75 Å². The van der Waals surface area contributed by atoms with Gasteiger partial charge in [0.2, 0.25) is 10.0 Å². The molecule has 1 aliphatic heterocycles. The third-order valence-electron chi connectivity index (χ3n) is 4.98. The van der Waals surface area contributed by atoms with Crippen molar-refractivity contribution in [2.75, 3.05) is 11.9 Å². The zero-order valence-corrected chi connectivity index (χ0v) is 19.2. The highest BCUT2D eigenvalue weighted by molar-refractivity contribution is 7.89. The average molecular weight is 479 g/mol. The third kappa shape index (κ3) is 4.79. The predicted molar refractivity (Wildman–Crippen MR) is 122 cm³/mol. The van der Waals surface area contributed by atoms with E-state index in [9.17, 15) is 17.6 Å². The number of aromatic nitrogens is 2. The Bertz CT molecular complexity index is 1250. The average Bonchev–Trinajstić information content (AvgIpc) is 3.01. The van der Waals surface area contributed by atoms with Gasteiger partial charge in [-0.15, -0.1) is 0 Å². The maximum atomic E-state index is 13.5. The van der Waals surface area contributed by atoms with E-state index in [4.69, 9.17) is 4.74 Å². The van der Waals surface area contributed by atoms with Crippen molar-refractivity contribution in [1.29, 1.82) is 0 Å². The summed E-state index contributed by atoms with van der Waals surface area (Å²) in [7, 11) is -2.35. The summed E-state index contributed by atoms with van der Waals surface area (Å²) in [5.74, 6) is -0.957. The lowest BCUT2D eigenvalue weighted by molar-refractivity contribution is 0.101. The first-order valence-corrected chi connectivity index (χ1v) is 11.0. The molecule has 0 spiro atoms. The SMILES string of the molecule is Cc1cc(NC(=O)c2c3c(cn2C)S(=O)(=O)N[C@@H](Cc2cccnc2)CO3)ccc1F.S. The van der Waals surface area contributed by atoms with E-state index in [2.05, 4.69) is 15.0 Å². The Kier molecular flexibility index (Phi) is 6.91. The minimum atomic E-state index is -3.91. The summed E-state index contributed by atoms with van der Waals surface area (Å²) in [6.07, 6.45) is 5.03. The van der Waals surface area contributed by atoms with E-state index in [0.717, 1.165) is 5.56 Å². The molecule has 1 amide bonds. The summed E-state index contributed by atoms with van der Waals surface area (Å²) in [5, 5.41) is 2.67. The Morgan fingerprint density at radius 3 is 2.84 bits per heavy atom. The van der Waals surface area contributed by atoms with E-state index in [1.54, 1.807) is 32.4 Å². The lowest BCUT2D eigenvalue weighted by Gasteiger charge is -2.15. The highest BCUT2D eigenvalue weighted by Gasteiger charge is 2.34. The lowest BCUT2D eigenvalue weighted by Crippen LogP contribution is -2.38. The van der Waals surface area contributed by atoms with Crippen LogP contribution in [0, 0.1) is 12.7 Å². The van der Waals surface area contributed by atoms with E-state index in [1.807, 2.05) is 6.07 Å². The van der Waals surface area contributed by atoms with Gasteiger partial charge in [0.1, 0.15) is 17.3 Å². The molecule has 0 saturated carbocycles. The van der Waals surface area contributed by atoms with Crippen molar-refractivity contribution in [3.8, 4) is 5.75 Å². The number of carbonyl (C=O) groups excluding carboxylic acids is 1. The van der Waals surface area contributed by atoms with Crippen LogP contribution in [0.1, 0.15) is 21.6 Å². The van der Waals surface area contributed by atoms with E-state index in [0.29, 0.717) is 17.7 Å². The maximum absolute atomic E-state index is 13.5. The number of ether oxygens (including phenoxy) is 1. The van der Waals surface area contributed by atoms with E-state index in [-0.39, 0.29) is 42.3 Å². The number of hydrogen-bond acceptors (Lipinski definition) is 5. The minimum Gasteiger partial charge on any atom is -0.488 e. The second-order valence-corrected chi connectivity index (χ2v) is 9.08. The van der Waals surface area contributed by atoms with Gasteiger partial charge in [-0.2, -0.15) is 13.5 Å². The number of fused-ring (bicyclic) bond motifs is 1. The van der Waals surface area contributed by atoms with Crippen LogP contribution in [0.15, 0.2) is 53.8 Å². The number of nitrogens with one attached hydrogen (secondary N) is 2. The fourth-order valence-electron chi connectivity index (χ4n) is 3.49. The van der Waals surface area contributed by atoms with Gasteiger partial charge in [0.25, 0.3) is 5.91 Å². The Balaban J connectivity index is 0.00000289. The molecule has 3 heterocycles. The zero-order valence-electron chi connectivity index (χ0n) is 17.4. The molecule has 0 bridgehead atoms. The van der Waals surface area contributed by atoms with Crippen molar-refractivity contribution in [3.63, 3.8) is 0 Å². The van der Waals surface area contributed by atoms with Crippen LogP contribution in [0.3, 0.4) is 0 Å². The molecule has 32 heavy (non-hydrogen) atoms. The molecule has 3 aromatic rings. The molecule has 0 saturated heterocycles. The van der Waals surface area contributed by atoms with Gasteiger partial charge in [-0.05, 0) is 48.7 Å². The van der Waals surface area contributed by atoms with Gasteiger partial charge >= 0.3 is 0 Å². The largest absolute Gasteiger partial charge is 0.488 e. The van der Waals surface area contributed by atoms with Gasteiger partial charge in [0, 0.05) is 31.3 Å². The molecule has 0 fully saturated rings. The first-order valence-electron chi connectivity index (χ1n) is 9.55. The Labute approximate surface area is 192 Å². The van der Waals surface area contributed by atoms with Crippen molar-refractivity contribution in [2.24, 2.45) is 7.05 Å². The van der Waals surface area contributed by atoms with Crippen LogP contribution in [-0.2, 0) is 23.5 Å². The normalized spacial score (nSPS) is 16.8. The molecule has 170 valence electrons. The van der Waals surface area contributed by atoms with Gasteiger partial charge in [-0.3, -0.25) is 9.78 Å². The number of aryl methyl sites for hydroxylation is 2. The molecule has 0 unspecified atom stereocenters. The van der Waals surface area contributed by atoms with Crippen molar-refractivity contribution < 1.29 is 22.3 Å². The highest BCUT2D eigenvalue weighted by atomic mass is 32.2. The monoisotopic (exact) mass is 478 g/mol. The number of anilines is 1. The molecular formula is C21H23FN4O4S2. The van der Waals surface area contributed by atoms with Crippen molar-refractivity contribution in [2.45, 2.75) is 24.3 Å². The Hall–Kier alpha value is -2.89. The molecule has 0 aliphatic carbocycles. The van der Waals surface area contributed by atoms with Crippen molar-refractivity contribution in [1.82, 2.24) is 14.3 Å². The van der Waals surface area contributed by atoms with Crippen LogP contribution in [0.2, 0.25) is 0 Å². The number of halogens is 1. The van der Waals surface area contributed by atoms with E-state index < -0.39 is 22.0 Å². The Morgan fingerprint density at radius 2 is 2.16 bits per heavy atom. The summed E-state index contributed by atoms with van der Waals surface area (Å²) in [4.78, 5) is 16.9. The Morgan fingerprint density at radius 1 is 1.38 bits per heavy atom. The summed E-state index contributed by atoms with van der Waals surface area (Å²) in [5.41, 5.74) is 1.69. The summed E-state index contributed by atoms with van der Waals surface area (Å²) in [6, 6.07) is 7.29. The first kappa shape index (κ1) is 23.8. The quantitative estimate of drug-likeness (QED) is 0.600. The van der Waals surface area contributed by atoms with Crippen LogP contribution in [-0.4, -0.2) is 36.5 Å². The first-order chi connectivity index (χ1) is 14.7. The molecule has 1 atom stereocenters.